The second-order valence-electron chi connectivity index (χ2n) is 4.52. The van der Waals surface area contributed by atoms with Gasteiger partial charge in [0.15, 0.2) is 5.82 Å². The number of aromatic nitrogens is 2. The molecule has 6 heteroatoms. The number of benzene rings is 1. The van der Waals surface area contributed by atoms with Crippen LogP contribution in [0.25, 0.3) is 11.5 Å². The molecule has 1 unspecified atom stereocenters. The molecule has 1 N–H and O–H groups in total. The van der Waals surface area contributed by atoms with Gasteiger partial charge in [0.25, 0.3) is 5.89 Å². The van der Waals surface area contributed by atoms with Crippen LogP contribution >= 0.6 is 11.6 Å². The molecule has 100 valence electrons. The summed E-state index contributed by atoms with van der Waals surface area (Å²) < 4.78 is 10.7. The van der Waals surface area contributed by atoms with E-state index < -0.39 is 0 Å². The Kier molecular flexibility index (Phi) is 3.40. The highest BCUT2D eigenvalue weighted by Crippen LogP contribution is 2.30. The van der Waals surface area contributed by atoms with Crippen molar-refractivity contribution in [2.45, 2.75) is 25.4 Å². The lowest BCUT2D eigenvalue weighted by Crippen LogP contribution is -2.09. The fourth-order valence-corrected chi connectivity index (χ4v) is 2.31. The van der Waals surface area contributed by atoms with E-state index in [1.807, 2.05) is 0 Å². The minimum Gasteiger partial charge on any atom is -0.507 e. The summed E-state index contributed by atoms with van der Waals surface area (Å²) in [6.07, 6.45) is 2.91. The summed E-state index contributed by atoms with van der Waals surface area (Å²) in [7, 11) is 0. The Balaban J connectivity index is 1.80. The normalized spacial score (nSPS) is 18.9. The molecule has 3 rings (SSSR count). The topological polar surface area (TPSA) is 68.4 Å². The fraction of sp³-hybridized carbons (Fsp3) is 0.385. The number of phenols is 1. The largest absolute Gasteiger partial charge is 0.507 e. The highest BCUT2D eigenvalue weighted by atomic mass is 35.5. The van der Waals surface area contributed by atoms with E-state index in [1.54, 1.807) is 12.1 Å². The minimum atomic E-state index is 0.0276. The molecule has 1 aliphatic rings. The van der Waals surface area contributed by atoms with Crippen molar-refractivity contribution in [3.8, 4) is 17.2 Å². The van der Waals surface area contributed by atoms with Gasteiger partial charge in [-0.05, 0) is 31.0 Å². The molecule has 0 bridgehead atoms. The van der Waals surface area contributed by atoms with Gasteiger partial charge in [0, 0.05) is 18.1 Å². The maximum absolute atomic E-state index is 9.80. The average Bonchev–Trinajstić information content (AvgIpc) is 3.01. The van der Waals surface area contributed by atoms with E-state index in [0.29, 0.717) is 28.7 Å². The van der Waals surface area contributed by atoms with Crippen LogP contribution in [-0.2, 0) is 11.2 Å². The molecule has 2 heterocycles. The molecular weight excluding hydrogens is 268 g/mol. The first-order valence-electron chi connectivity index (χ1n) is 6.15. The van der Waals surface area contributed by atoms with Gasteiger partial charge >= 0.3 is 0 Å². The lowest BCUT2D eigenvalue weighted by Gasteiger charge is -2.04. The van der Waals surface area contributed by atoms with Crippen molar-refractivity contribution >= 4 is 11.6 Å². The van der Waals surface area contributed by atoms with Gasteiger partial charge in [-0.15, -0.1) is 0 Å². The van der Waals surface area contributed by atoms with Gasteiger partial charge in [0.1, 0.15) is 5.75 Å². The third-order valence-electron chi connectivity index (χ3n) is 3.09. The van der Waals surface area contributed by atoms with E-state index in [1.165, 1.54) is 6.07 Å². The predicted molar refractivity (Wildman–Crippen MR) is 69.1 cm³/mol. The number of ether oxygens (including phenoxy) is 1. The van der Waals surface area contributed by atoms with Crippen LogP contribution in [0.5, 0.6) is 5.75 Å². The first-order chi connectivity index (χ1) is 9.22. The van der Waals surface area contributed by atoms with Crippen LogP contribution in [0.15, 0.2) is 22.7 Å². The zero-order valence-electron chi connectivity index (χ0n) is 10.2. The Hall–Kier alpha value is -1.59. The van der Waals surface area contributed by atoms with E-state index in [9.17, 15) is 5.11 Å². The molecule has 1 aromatic carbocycles. The lowest BCUT2D eigenvalue weighted by molar-refractivity contribution is 0.109. The summed E-state index contributed by atoms with van der Waals surface area (Å²) in [6.45, 7) is 0.799. The minimum absolute atomic E-state index is 0.0276. The maximum atomic E-state index is 9.80. The van der Waals surface area contributed by atoms with Crippen molar-refractivity contribution in [2.75, 3.05) is 6.61 Å². The molecule has 0 amide bonds. The number of hydrogen-bond acceptors (Lipinski definition) is 5. The van der Waals surface area contributed by atoms with Crippen LogP contribution in [0, 0.1) is 0 Å². The van der Waals surface area contributed by atoms with Crippen LogP contribution in [0.1, 0.15) is 18.7 Å². The molecule has 0 radical (unpaired) electrons. The number of halogens is 1. The SMILES string of the molecule is Oc1cc(Cl)ccc1-c1nc(CC2CCCO2)no1. The van der Waals surface area contributed by atoms with Gasteiger partial charge in [-0.1, -0.05) is 16.8 Å². The van der Waals surface area contributed by atoms with E-state index >= 15 is 0 Å². The third kappa shape index (κ3) is 2.72. The highest BCUT2D eigenvalue weighted by Gasteiger charge is 2.20. The second kappa shape index (κ2) is 5.19. The number of hydrogen-bond donors (Lipinski definition) is 1. The molecule has 1 fully saturated rings. The van der Waals surface area contributed by atoms with Gasteiger partial charge in [0.2, 0.25) is 0 Å². The molecule has 1 saturated heterocycles. The molecule has 0 aliphatic carbocycles. The highest BCUT2D eigenvalue weighted by molar-refractivity contribution is 6.30. The van der Waals surface area contributed by atoms with Crippen molar-refractivity contribution in [1.82, 2.24) is 10.1 Å². The quantitative estimate of drug-likeness (QED) is 0.936. The van der Waals surface area contributed by atoms with Crippen molar-refractivity contribution in [2.24, 2.45) is 0 Å². The Labute approximate surface area is 115 Å². The summed E-state index contributed by atoms with van der Waals surface area (Å²) in [5, 5.41) is 14.2. The molecule has 0 saturated carbocycles. The standard InChI is InChI=1S/C13H13ClN2O3/c14-8-3-4-10(11(17)6-8)13-15-12(16-19-13)7-9-2-1-5-18-9/h3-4,6,9,17H,1-2,5,7H2. The van der Waals surface area contributed by atoms with Gasteiger partial charge < -0.3 is 14.4 Å². The first-order valence-corrected chi connectivity index (χ1v) is 6.53. The van der Waals surface area contributed by atoms with E-state index in [2.05, 4.69) is 10.1 Å². The Morgan fingerprint density at radius 1 is 1.42 bits per heavy atom. The van der Waals surface area contributed by atoms with Gasteiger partial charge in [0.05, 0.1) is 11.7 Å². The van der Waals surface area contributed by atoms with Gasteiger partial charge in [-0.3, -0.25) is 0 Å². The zero-order chi connectivity index (χ0) is 13.2. The molecule has 19 heavy (non-hydrogen) atoms. The van der Waals surface area contributed by atoms with Crippen LogP contribution in [0.2, 0.25) is 5.02 Å². The molecular formula is C13H13ClN2O3. The van der Waals surface area contributed by atoms with Gasteiger partial charge in [-0.2, -0.15) is 4.98 Å². The first kappa shape index (κ1) is 12.4. The molecule has 2 aromatic rings. The average molecular weight is 281 g/mol. The monoisotopic (exact) mass is 280 g/mol. The number of nitrogens with zero attached hydrogens (tertiary/aromatic N) is 2. The number of rotatable bonds is 3. The van der Waals surface area contributed by atoms with Crippen LogP contribution in [0.3, 0.4) is 0 Å². The molecule has 1 aromatic heterocycles. The number of phenolic OH excluding ortho intramolecular Hbond substituents is 1. The fourth-order valence-electron chi connectivity index (χ4n) is 2.14. The van der Waals surface area contributed by atoms with E-state index in [-0.39, 0.29) is 11.9 Å². The lowest BCUT2D eigenvalue weighted by atomic mass is 10.2. The Bertz CT molecular complexity index is 579. The molecule has 0 spiro atoms. The summed E-state index contributed by atoms with van der Waals surface area (Å²) in [5.74, 6) is 0.915. The maximum Gasteiger partial charge on any atom is 0.261 e. The summed E-state index contributed by atoms with van der Waals surface area (Å²) in [6, 6.07) is 4.77. The van der Waals surface area contributed by atoms with Crippen LogP contribution in [0.4, 0.5) is 0 Å². The van der Waals surface area contributed by atoms with E-state index in [4.69, 9.17) is 20.9 Å². The zero-order valence-corrected chi connectivity index (χ0v) is 10.9. The van der Waals surface area contributed by atoms with Crippen LogP contribution in [-0.4, -0.2) is 28.0 Å². The van der Waals surface area contributed by atoms with Crippen molar-refractivity contribution < 1.29 is 14.4 Å². The summed E-state index contributed by atoms with van der Waals surface area (Å²) in [4.78, 5) is 4.27. The van der Waals surface area contributed by atoms with Crippen molar-refractivity contribution in [3.05, 3.63) is 29.0 Å². The van der Waals surface area contributed by atoms with Crippen molar-refractivity contribution in [3.63, 3.8) is 0 Å². The predicted octanol–water partition coefficient (Wildman–Crippen LogP) is 2.82. The number of aromatic hydroxyl groups is 1. The third-order valence-corrected chi connectivity index (χ3v) is 3.33. The van der Waals surface area contributed by atoms with Crippen LogP contribution < -0.4 is 0 Å². The van der Waals surface area contributed by atoms with E-state index in [0.717, 1.165) is 19.4 Å². The molecule has 1 atom stereocenters. The second-order valence-corrected chi connectivity index (χ2v) is 4.95. The summed E-state index contributed by atoms with van der Waals surface area (Å²) >= 11 is 5.78. The molecule has 5 nitrogen and oxygen atoms in total. The summed E-state index contributed by atoms with van der Waals surface area (Å²) in [5.41, 5.74) is 0.482. The Morgan fingerprint density at radius 2 is 2.32 bits per heavy atom. The van der Waals surface area contributed by atoms with Gasteiger partial charge in [-0.25, -0.2) is 0 Å². The smallest absolute Gasteiger partial charge is 0.261 e. The van der Waals surface area contributed by atoms with Crippen molar-refractivity contribution in [1.29, 1.82) is 0 Å². The Morgan fingerprint density at radius 3 is 3.05 bits per heavy atom. The molecule has 1 aliphatic heterocycles.